The van der Waals surface area contributed by atoms with E-state index in [1.165, 1.54) is 11.1 Å². The van der Waals surface area contributed by atoms with Gasteiger partial charge >= 0.3 is 0 Å². The van der Waals surface area contributed by atoms with E-state index in [-0.39, 0.29) is 12.5 Å². The van der Waals surface area contributed by atoms with E-state index in [2.05, 4.69) is 12.1 Å². The minimum absolute atomic E-state index is 0.188. The zero-order valence-corrected chi connectivity index (χ0v) is 9.47. The number of rotatable bonds is 2. The molecule has 0 spiro atoms. The first-order valence-corrected chi connectivity index (χ1v) is 5.86. The Morgan fingerprint density at radius 1 is 0.882 bits per heavy atom. The number of fused-ring (bicyclic) bond motifs is 2. The molecule has 2 aromatic rings. The van der Waals surface area contributed by atoms with E-state index < -0.39 is 0 Å². The molecule has 0 unspecified atom stereocenters. The lowest BCUT2D eigenvalue weighted by atomic mass is 9.86. The van der Waals surface area contributed by atoms with Crippen molar-refractivity contribution in [2.75, 3.05) is 6.61 Å². The van der Waals surface area contributed by atoms with Gasteiger partial charge in [-0.3, -0.25) is 0 Å². The van der Waals surface area contributed by atoms with Crippen LogP contribution in [-0.4, -0.2) is 11.7 Å². The van der Waals surface area contributed by atoms with Crippen LogP contribution in [0.5, 0.6) is 11.5 Å². The molecule has 3 rings (SSSR count). The largest absolute Gasteiger partial charge is 0.457 e. The van der Waals surface area contributed by atoms with Crippen LogP contribution in [0.15, 0.2) is 48.5 Å². The second-order valence-corrected chi connectivity index (χ2v) is 4.24. The van der Waals surface area contributed by atoms with Gasteiger partial charge in [0.2, 0.25) is 0 Å². The van der Waals surface area contributed by atoms with E-state index in [4.69, 9.17) is 4.74 Å². The molecule has 0 amide bonds. The van der Waals surface area contributed by atoms with Crippen LogP contribution in [0.2, 0.25) is 0 Å². The Bertz CT molecular complexity index is 488. The topological polar surface area (TPSA) is 29.5 Å². The maximum Gasteiger partial charge on any atom is 0.131 e. The van der Waals surface area contributed by atoms with Crippen LogP contribution in [-0.2, 0) is 0 Å². The first-order chi connectivity index (χ1) is 8.40. The summed E-state index contributed by atoms with van der Waals surface area (Å²) in [6.45, 7) is 0.188. The zero-order valence-electron chi connectivity index (χ0n) is 9.47. The van der Waals surface area contributed by atoms with Crippen LogP contribution in [0, 0.1) is 0 Å². The summed E-state index contributed by atoms with van der Waals surface area (Å²) in [6, 6.07) is 16.1. The molecule has 0 saturated carbocycles. The second kappa shape index (κ2) is 4.22. The number of aliphatic hydroxyl groups excluding tert-OH is 1. The van der Waals surface area contributed by atoms with Gasteiger partial charge in [0.15, 0.2) is 0 Å². The van der Waals surface area contributed by atoms with E-state index in [1.54, 1.807) is 0 Å². The van der Waals surface area contributed by atoms with E-state index in [9.17, 15) is 5.11 Å². The Hall–Kier alpha value is -1.80. The molecule has 0 atom stereocenters. The molecule has 1 N–H and O–H groups in total. The molecule has 0 saturated heterocycles. The molecule has 17 heavy (non-hydrogen) atoms. The van der Waals surface area contributed by atoms with Crippen molar-refractivity contribution in [2.45, 2.75) is 12.3 Å². The SMILES string of the molecule is OCCC1c2ccccc2Oc2ccccc21. The minimum Gasteiger partial charge on any atom is -0.457 e. The lowest BCUT2D eigenvalue weighted by Gasteiger charge is -2.27. The molecular weight excluding hydrogens is 212 g/mol. The summed E-state index contributed by atoms with van der Waals surface area (Å²) in [4.78, 5) is 0. The number of hydrogen-bond donors (Lipinski definition) is 1. The molecule has 0 aromatic heterocycles. The van der Waals surface area contributed by atoms with E-state index >= 15 is 0 Å². The van der Waals surface area contributed by atoms with Gasteiger partial charge in [-0.2, -0.15) is 0 Å². The Balaban J connectivity index is 2.13. The standard InChI is InChI=1S/C15H14O2/c16-10-9-11-12-5-1-3-7-14(12)17-15-8-4-2-6-13(11)15/h1-8,11,16H,9-10H2. The molecule has 2 nitrogen and oxygen atoms in total. The first-order valence-electron chi connectivity index (χ1n) is 5.86. The summed E-state index contributed by atoms with van der Waals surface area (Å²) in [5, 5.41) is 9.23. The highest BCUT2D eigenvalue weighted by atomic mass is 16.5. The number of benzene rings is 2. The molecule has 1 aliphatic rings. The number of hydrogen-bond acceptors (Lipinski definition) is 2. The van der Waals surface area contributed by atoms with Crippen molar-refractivity contribution in [2.24, 2.45) is 0 Å². The van der Waals surface area contributed by atoms with Gasteiger partial charge in [0.05, 0.1) is 0 Å². The van der Waals surface area contributed by atoms with E-state index in [0.29, 0.717) is 0 Å². The van der Waals surface area contributed by atoms with Gasteiger partial charge in [-0.25, -0.2) is 0 Å². The average Bonchev–Trinajstić information content (AvgIpc) is 2.39. The predicted octanol–water partition coefficient (Wildman–Crippen LogP) is 3.31. The Morgan fingerprint density at radius 2 is 1.41 bits per heavy atom. The fourth-order valence-corrected chi connectivity index (χ4v) is 2.45. The summed E-state index contributed by atoms with van der Waals surface area (Å²) >= 11 is 0. The summed E-state index contributed by atoms with van der Waals surface area (Å²) in [5.74, 6) is 2.05. The monoisotopic (exact) mass is 226 g/mol. The molecule has 1 aliphatic heterocycles. The van der Waals surface area contributed by atoms with Crippen LogP contribution < -0.4 is 4.74 Å². The molecule has 2 heteroatoms. The zero-order chi connectivity index (χ0) is 11.7. The average molecular weight is 226 g/mol. The van der Waals surface area contributed by atoms with Crippen LogP contribution in [0.3, 0.4) is 0 Å². The fraction of sp³-hybridized carbons (Fsp3) is 0.200. The third kappa shape index (κ3) is 1.71. The van der Waals surface area contributed by atoms with Crippen LogP contribution >= 0.6 is 0 Å². The molecular formula is C15H14O2. The number of ether oxygens (including phenoxy) is 1. The molecule has 1 heterocycles. The van der Waals surface area contributed by atoms with Gasteiger partial charge in [0, 0.05) is 23.7 Å². The quantitative estimate of drug-likeness (QED) is 0.851. The second-order valence-electron chi connectivity index (χ2n) is 4.24. The molecule has 2 aromatic carbocycles. The van der Waals surface area contributed by atoms with Gasteiger partial charge < -0.3 is 9.84 Å². The van der Waals surface area contributed by atoms with Gasteiger partial charge in [-0.05, 0) is 18.6 Å². The van der Waals surface area contributed by atoms with Crippen molar-refractivity contribution in [1.29, 1.82) is 0 Å². The van der Waals surface area contributed by atoms with E-state index in [0.717, 1.165) is 17.9 Å². The highest BCUT2D eigenvalue weighted by molar-refractivity contribution is 5.53. The molecule has 0 fully saturated rings. The van der Waals surface area contributed by atoms with Crippen LogP contribution in [0.4, 0.5) is 0 Å². The van der Waals surface area contributed by atoms with Crippen molar-refractivity contribution in [1.82, 2.24) is 0 Å². The fourth-order valence-electron chi connectivity index (χ4n) is 2.45. The van der Waals surface area contributed by atoms with Crippen molar-refractivity contribution < 1.29 is 9.84 Å². The van der Waals surface area contributed by atoms with Gasteiger partial charge in [0.25, 0.3) is 0 Å². The molecule has 0 bridgehead atoms. The van der Waals surface area contributed by atoms with Crippen LogP contribution in [0.1, 0.15) is 23.5 Å². The van der Waals surface area contributed by atoms with Crippen molar-refractivity contribution in [3.8, 4) is 11.5 Å². The smallest absolute Gasteiger partial charge is 0.131 e. The summed E-state index contributed by atoms with van der Waals surface area (Å²) < 4.78 is 5.87. The Morgan fingerprint density at radius 3 is 1.94 bits per heavy atom. The molecule has 0 radical (unpaired) electrons. The van der Waals surface area contributed by atoms with Gasteiger partial charge in [0.1, 0.15) is 11.5 Å². The molecule has 86 valence electrons. The highest BCUT2D eigenvalue weighted by Crippen LogP contribution is 2.44. The lowest BCUT2D eigenvalue weighted by molar-refractivity contribution is 0.278. The Kier molecular flexibility index (Phi) is 2.57. The van der Waals surface area contributed by atoms with Crippen molar-refractivity contribution in [3.05, 3.63) is 59.7 Å². The Labute approximate surface area is 100 Å². The minimum atomic E-state index is 0.188. The molecule has 0 aliphatic carbocycles. The predicted molar refractivity (Wildman–Crippen MR) is 66.5 cm³/mol. The van der Waals surface area contributed by atoms with Crippen molar-refractivity contribution in [3.63, 3.8) is 0 Å². The third-order valence-corrected chi connectivity index (χ3v) is 3.23. The summed E-state index contributed by atoms with van der Waals surface area (Å²) in [5.41, 5.74) is 2.33. The van der Waals surface area contributed by atoms with Gasteiger partial charge in [-0.15, -0.1) is 0 Å². The van der Waals surface area contributed by atoms with Gasteiger partial charge in [-0.1, -0.05) is 36.4 Å². The maximum atomic E-state index is 9.23. The normalized spacial score (nSPS) is 13.7. The van der Waals surface area contributed by atoms with Crippen molar-refractivity contribution >= 4 is 0 Å². The maximum absolute atomic E-state index is 9.23. The highest BCUT2D eigenvalue weighted by Gasteiger charge is 2.25. The third-order valence-electron chi connectivity index (χ3n) is 3.23. The number of aliphatic hydroxyl groups is 1. The lowest BCUT2D eigenvalue weighted by Crippen LogP contribution is -2.11. The first kappa shape index (κ1) is 10.4. The van der Waals surface area contributed by atoms with E-state index in [1.807, 2.05) is 36.4 Å². The summed E-state index contributed by atoms with van der Waals surface area (Å²) in [7, 11) is 0. The summed E-state index contributed by atoms with van der Waals surface area (Å²) in [6.07, 6.45) is 0.734. The van der Waals surface area contributed by atoms with Crippen LogP contribution in [0.25, 0.3) is 0 Å². The number of para-hydroxylation sites is 2.